The van der Waals surface area contributed by atoms with Crippen LogP contribution in [0, 0.1) is 6.92 Å². The largest absolute Gasteiger partial charge is 0.457 e. The summed E-state index contributed by atoms with van der Waals surface area (Å²) in [6.07, 6.45) is 0. The molecule has 39 heavy (non-hydrogen) atoms. The molecule has 0 amide bonds. The number of halogens is 1. The molecular weight excluding hydrogens is 522 g/mol. The molecule has 7 heteroatoms. The molecule has 0 bridgehead atoms. The van der Waals surface area contributed by atoms with Crippen LogP contribution in [0.25, 0.3) is 0 Å². The van der Waals surface area contributed by atoms with E-state index in [1.54, 1.807) is 18.2 Å². The summed E-state index contributed by atoms with van der Waals surface area (Å²) in [6, 6.07) is 37.3. The van der Waals surface area contributed by atoms with E-state index in [4.69, 9.17) is 25.8 Å². The van der Waals surface area contributed by atoms with E-state index >= 15 is 0 Å². The molecule has 0 saturated heterocycles. The van der Waals surface area contributed by atoms with Crippen molar-refractivity contribution in [3.63, 3.8) is 0 Å². The fraction of sp³-hybridized carbons (Fsp3) is 0.0312. The van der Waals surface area contributed by atoms with E-state index in [0.717, 1.165) is 5.56 Å². The molecule has 0 saturated carbocycles. The van der Waals surface area contributed by atoms with Gasteiger partial charge in [-0.25, -0.2) is 0 Å². The maximum absolute atomic E-state index is 13.6. The van der Waals surface area contributed by atoms with Gasteiger partial charge in [-0.05, 0) is 63.5 Å². The van der Waals surface area contributed by atoms with Crippen LogP contribution >= 0.6 is 20.2 Å². The Hall–Kier alpha value is -3.51. The summed E-state index contributed by atoms with van der Waals surface area (Å²) in [5, 5.41) is 1.03. The zero-order valence-electron chi connectivity index (χ0n) is 21.6. The van der Waals surface area contributed by atoms with Gasteiger partial charge in [-0.15, -0.1) is 0 Å². The van der Waals surface area contributed by atoms with Crippen molar-refractivity contribution < 1.29 is 19.0 Å². The third-order valence-electron chi connectivity index (χ3n) is 5.65. The average Bonchev–Trinajstić information content (AvgIpc) is 2.92. The van der Waals surface area contributed by atoms with Gasteiger partial charge in [-0.2, -0.15) is 0 Å². The maximum atomic E-state index is 13.6. The number of rotatable bonds is 9. The van der Waals surface area contributed by atoms with Crippen molar-refractivity contribution in [2.75, 3.05) is 0 Å². The Labute approximate surface area is 246 Å². The van der Waals surface area contributed by atoms with Gasteiger partial charge in [-0.3, -0.25) is 4.79 Å². The van der Waals surface area contributed by atoms with E-state index in [1.807, 2.05) is 110 Å². The molecule has 0 N–H and O–H groups in total. The van der Waals surface area contributed by atoms with Gasteiger partial charge in [0.25, 0.3) is 0 Å². The Balaban J connectivity index is 0.00000353. The number of hydrogen-bond acceptors (Lipinski definition) is 4. The molecule has 4 nitrogen and oxygen atoms in total. The Bertz CT molecular complexity index is 1460. The molecule has 0 aliphatic rings. The van der Waals surface area contributed by atoms with Gasteiger partial charge in [-0.1, -0.05) is 78.3 Å². The van der Waals surface area contributed by atoms with Crippen LogP contribution in [0.15, 0.2) is 121 Å². The summed E-state index contributed by atoms with van der Waals surface area (Å²) in [6.45, 7) is 1.88. The van der Waals surface area contributed by atoms with Crippen molar-refractivity contribution in [3.8, 4) is 34.5 Å². The van der Waals surface area contributed by atoms with Crippen molar-refractivity contribution in [1.82, 2.24) is 0 Å². The molecule has 5 aromatic rings. The predicted molar refractivity (Wildman–Crippen MR) is 160 cm³/mol. The van der Waals surface area contributed by atoms with E-state index in [1.165, 1.54) is 0 Å². The van der Waals surface area contributed by atoms with E-state index in [-0.39, 0.29) is 33.0 Å². The van der Waals surface area contributed by atoms with Crippen LogP contribution in [0.3, 0.4) is 0 Å². The summed E-state index contributed by atoms with van der Waals surface area (Å²) in [5.74, 6) is 3.37. The molecule has 0 aromatic heterocycles. The van der Waals surface area contributed by atoms with Crippen molar-refractivity contribution >= 4 is 49.9 Å². The average molecular weight is 546 g/mol. The van der Waals surface area contributed by atoms with Crippen LogP contribution in [0.5, 0.6) is 34.5 Å². The number of para-hydroxylation sites is 3. The third kappa shape index (κ3) is 7.33. The second-order valence-corrected chi connectivity index (χ2v) is 10.0. The van der Waals surface area contributed by atoms with Gasteiger partial charge in [0.1, 0.15) is 34.5 Å². The predicted octanol–water partition coefficient (Wildman–Crippen LogP) is 8.79. The van der Waals surface area contributed by atoms with Gasteiger partial charge in [0, 0.05) is 36.6 Å². The molecule has 0 aliphatic carbocycles. The van der Waals surface area contributed by atoms with E-state index < -0.39 is 0 Å². The van der Waals surface area contributed by atoms with E-state index in [0.29, 0.717) is 50.4 Å². The van der Waals surface area contributed by atoms with Gasteiger partial charge >= 0.3 is 0 Å². The first kappa shape index (κ1) is 28.5. The zero-order valence-corrected chi connectivity index (χ0v) is 23.3. The molecule has 189 valence electrons. The molecule has 0 heterocycles. The minimum atomic E-state index is -0.315. The minimum Gasteiger partial charge on any atom is -0.457 e. The number of carbonyl (C=O) groups is 1. The van der Waals surface area contributed by atoms with Crippen LogP contribution in [0.2, 0.25) is 5.02 Å². The minimum absolute atomic E-state index is 0. The second kappa shape index (κ2) is 13.5. The Morgan fingerprint density at radius 2 is 1.08 bits per heavy atom. The van der Waals surface area contributed by atoms with Gasteiger partial charge in [0.15, 0.2) is 5.52 Å². The van der Waals surface area contributed by atoms with Gasteiger partial charge < -0.3 is 14.2 Å². The molecule has 5 rings (SSSR count). The Morgan fingerprint density at radius 1 is 0.615 bits per heavy atom. The smallest absolute Gasteiger partial charge is 0.187 e. The molecule has 1 atom stereocenters. The van der Waals surface area contributed by atoms with Crippen molar-refractivity contribution in [1.29, 1.82) is 0 Å². The fourth-order valence-corrected chi connectivity index (χ4v) is 5.42. The van der Waals surface area contributed by atoms with Crippen LogP contribution in [0.1, 0.15) is 15.9 Å². The summed E-state index contributed by atoms with van der Waals surface area (Å²) in [7, 11) is -0.315. The SMILES string of the molecule is Cc1cccc(Cl)c1C(=O)Pc1c(Oc2ccccc2)cc(Oc2ccccc2)cc1Oc1ccccc1.[Li]. The molecule has 1 radical (unpaired) electrons. The monoisotopic (exact) mass is 545 g/mol. The van der Waals surface area contributed by atoms with Crippen LogP contribution in [-0.2, 0) is 0 Å². The molecule has 5 aromatic carbocycles. The molecule has 1 unspecified atom stereocenters. The first-order valence-corrected chi connectivity index (χ1v) is 13.4. The first-order chi connectivity index (χ1) is 18.6. The standard InChI is InChI=1S/C32H24ClO4P.Li/c1-22-12-11-19-27(33)30(22)32(34)38-31-28(36-24-15-7-3-8-16-24)20-26(35-23-13-5-2-6-14-23)21-29(31)37-25-17-9-4-10-18-25;/h2-21,38H,1H3;. The first-order valence-electron chi connectivity index (χ1n) is 12.0. The topological polar surface area (TPSA) is 44.8 Å². The van der Waals surface area contributed by atoms with Gasteiger partial charge in [0.05, 0.1) is 10.3 Å². The number of carbonyl (C=O) groups excluding carboxylic acids is 1. The number of aryl methyl sites for hydroxylation is 1. The van der Waals surface area contributed by atoms with Crippen LogP contribution in [0.4, 0.5) is 0 Å². The van der Waals surface area contributed by atoms with Crippen molar-refractivity contribution in [2.24, 2.45) is 0 Å². The molecule has 0 spiro atoms. The van der Waals surface area contributed by atoms with Crippen LogP contribution in [-0.4, -0.2) is 24.4 Å². The third-order valence-corrected chi connectivity index (χ3v) is 7.18. The summed E-state index contributed by atoms with van der Waals surface area (Å²) < 4.78 is 18.8. The molecule has 0 fully saturated rings. The van der Waals surface area contributed by atoms with E-state index in [2.05, 4.69) is 0 Å². The molecule has 0 aliphatic heterocycles. The van der Waals surface area contributed by atoms with Crippen LogP contribution < -0.4 is 19.5 Å². The second-order valence-electron chi connectivity index (χ2n) is 8.43. The quantitative estimate of drug-likeness (QED) is 0.137. The Kier molecular flexibility index (Phi) is 9.88. The van der Waals surface area contributed by atoms with E-state index in [9.17, 15) is 4.79 Å². The number of hydrogen-bond donors (Lipinski definition) is 0. The van der Waals surface area contributed by atoms with Crippen molar-refractivity contribution in [2.45, 2.75) is 6.92 Å². The Morgan fingerprint density at radius 3 is 1.54 bits per heavy atom. The molecular formula is C32H24ClLiO4P. The maximum Gasteiger partial charge on any atom is 0.187 e. The van der Waals surface area contributed by atoms with Gasteiger partial charge in [0.2, 0.25) is 0 Å². The summed E-state index contributed by atoms with van der Waals surface area (Å²) in [5.41, 5.74) is 1.20. The normalized spacial score (nSPS) is 10.6. The fourth-order valence-electron chi connectivity index (χ4n) is 3.86. The summed E-state index contributed by atoms with van der Waals surface area (Å²) >= 11 is 6.45. The van der Waals surface area contributed by atoms with Crippen molar-refractivity contribution in [3.05, 3.63) is 137 Å². The zero-order chi connectivity index (χ0) is 26.3. The summed E-state index contributed by atoms with van der Waals surface area (Å²) in [4.78, 5) is 13.6. The number of ether oxygens (including phenoxy) is 3. The number of benzene rings is 5.